The monoisotopic (exact) mass is 360 g/mol. The van der Waals surface area contributed by atoms with Crippen molar-refractivity contribution in [3.63, 3.8) is 0 Å². The Kier molecular flexibility index (Phi) is 3.44. The van der Waals surface area contributed by atoms with E-state index in [2.05, 4.69) is 19.8 Å². The van der Waals surface area contributed by atoms with E-state index in [1.54, 1.807) is 0 Å². The predicted octanol–water partition coefficient (Wildman–Crippen LogP) is 0.294. The number of imidazole rings is 1. The average Bonchev–Trinajstić information content (AvgIpc) is 3.07. The van der Waals surface area contributed by atoms with E-state index in [1.165, 1.54) is 0 Å². The number of aliphatic hydroxyl groups is 1. The zero-order valence-corrected chi connectivity index (χ0v) is 14.6. The van der Waals surface area contributed by atoms with Crippen LogP contribution < -0.4 is 10.2 Å². The van der Waals surface area contributed by atoms with Crippen molar-refractivity contribution >= 4 is 22.9 Å². The molecule has 0 saturated heterocycles. The standard InChI is InChI=1S/C16H20N6O2S/c23-10-16(2-3-16)20-14-13-11(1-8-25(13)24)18-15(19-14)22-7-6-21-5-4-17-12(21)9-22/h4-5,23H,1-3,6-10H2,(H,18,19,20). The molecule has 0 bridgehead atoms. The number of rotatable bonds is 4. The molecule has 2 aromatic heterocycles. The minimum Gasteiger partial charge on any atom is -0.611 e. The summed E-state index contributed by atoms with van der Waals surface area (Å²) in [7, 11) is 0. The highest BCUT2D eigenvalue weighted by Crippen LogP contribution is 2.41. The van der Waals surface area contributed by atoms with Crippen molar-refractivity contribution in [3.8, 4) is 0 Å². The minimum atomic E-state index is -1.07. The molecule has 2 aliphatic heterocycles. The lowest BCUT2D eigenvalue weighted by Gasteiger charge is -2.28. The van der Waals surface area contributed by atoms with E-state index in [9.17, 15) is 9.66 Å². The molecule has 2 N–H and O–H groups in total. The molecule has 5 rings (SSSR count). The Balaban J connectivity index is 1.51. The van der Waals surface area contributed by atoms with Crippen LogP contribution in [0.25, 0.3) is 0 Å². The third-order valence-corrected chi connectivity index (χ3v) is 6.70. The molecular weight excluding hydrogens is 340 g/mol. The number of anilines is 2. The molecule has 0 aromatic carbocycles. The van der Waals surface area contributed by atoms with Gasteiger partial charge in [-0.2, -0.15) is 4.98 Å². The van der Waals surface area contributed by atoms with E-state index in [1.807, 2.05) is 12.4 Å². The first-order valence-electron chi connectivity index (χ1n) is 8.61. The minimum absolute atomic E-state index is 0.0644. The van der Waals surface area contributed by atoms with E-state index in [0.717, 1.165) is 42.3 Å². The van der Waals surface area contributed by atoms with Gasteiger partial charge in [-0.25, -0.2) is 9.97 Å². The fourth-order valence-electron chi connectivity index (χ4n) is 3.48. The van der Waals surface area contributed by atoms with Gasteiger partial charge in [0.1, 0.15) is 17.3 Å². The maximum absolute atomic E-state index is 12.4. The van der Waals surface area contributed by atoms with Crippen LogP contribution in [0.4, 0.5) is 11.8 Å². The van der Waals surface area contributed by atoms with Gasteiger partial charge >= 0.3 is 0 Å². The van der Waals surface area contributed by atoms with Crippen LogP contribution in [0.15, 0.2) is 17.3 Å². The number of aryl methyl sites for hydroxylation is 1. The van der Waals surface area contributed by atoms with Gasteiger partial charge in [-0.15, -0.1) is 0 Å². The molecule has 1 unspecified atom stereocenters. The largest absolute Gasteiger partial charge is 0.611 e. The van der Waals surface area contributed by atoms with Gasteiger partial charge in [0.05, 0.1) is 18.7 Å². The van der Waals surface area contributed by atoms with E-state index in [0.29, 0.717) is 30.5 Å². The fraction of sp³-hybridized carbons (Fsp3) is 0.562. The fourth-order valence-corrected chi connectivity index (χ4v) is 4.78. The number of nitrogens with zero attached hydrogens (tertiary/aromatic N) is 5. The summed E-state index contributed by atoms with van der Waals surface area (Å²) in [5, 5.41) is 13.0. The third-order valence-electron chi connectivity index (χ3n) is 5.24. The predicted molar refractivity (Wildman–Crippen MR) is 93.0 cm³/mol. The van der Waals surface area contributed by atoms with Gasteiger partial charge in [-0.05, 0) is 24.0 Å². The average molecular weight is 360 g/mol. The molecule has 3 aliphatic rings. The number of hydrogen-bond donors (Lipinski definition) is 2. The van der Waals surface area contributed by atoms with Crippen LogP contribution in [-0.2, 0) is 30.7 Å². The zero-order valence-electron chi connectivity index (χ0n) is 13.8. The van der Waals surface area contributed by atoms with Crippen molar-refractivity contribution in [2.75, 3.05) is 29.1 Å². The normalized spacial score (nSPS) is 23.3. The number of aliphatic hydroxyl groups excluding tert-OH is 1. The second-order valence-electron chi connectivity index (χ2n) is 6.97. The molecule has 2 aromatic rings. The molecule has 25 heavy (non-hydrogen) atoms. The highest BCUT2D eigenvalue weighted by atomic mass is 32.2. The van der Waals surface area contributed by atoms with Crippen molar-refractivity contribution < 1.29 is 9.66 Å². The van der Waals surface area contributed by atoms with E-state index in [-0.39, 0.29) is 12.1 Å². The van der Waals surface area contributed by atoms with Crippen LogP contribution in [0.2, 0.25) is 0 Å². The maximum Gasteiger partial charge on any atom is 0.228 e. The van der Waals surface area contributed by atoms with Gasteiger partial charge in [0.15, 0.2) is 5.82 Å². The maximum atomic E-state index is 12.4. The van der Waals surface area contributed by atoms with E-state index < -0.39 is 11.2 Å². The molecule has 8 nitrogen and oxygen atoms in total. The van der Waals surface area contributed by atoms with Crippen LogP contribution >= 0.6 is 0 Å². The number of aromatic nitrogens is 4. The lowest BCUT2D eigenvalue weighted by atomic mass is 10.2. The van der Waals surface area contributed by atoms with Crippen LogP contribution in [-0.4, -0.2) is 53.6 Å². The Morgan fingerprint density at radius 2 is 2.20 bits per heavy atom. The molecule has 1 fully saturated rings. The first-order valence-corrected chi connectivity index (χ1v) is 9.93. The molecule has 4 heterocycles. The Morgan fingerprint density at radius 1 is 1.32 bits per heavy atom. The van der Waals surface area contributed by atoms with E-state index >= 15 is 0 Å². The van der Waals surface area contributed by atoms with Crippen molar-refractivity contribution in [1.82, 2.24) is 19.5 Å². The summed E-state index contributed by atoms with van der Waals surface area (Å²) in [5.41, 5.74) is 0.568. The quantitative estimate of drug-likeness (QED) is 0.756. The molecule has 0 spiro atoms. The number of fused-ring (bicyclic) bond motifs is 2. The summed E-state index contributed by atoms with van der Waals surface area (Å²) in [6, 6.07) is 0. The molecule has 1 atom stereocenters. The summed E-state index contributed by atoms with van der Waals surface area (Å²) in [6.07, 6.45) is 6.33. The van der Waals surface area contributed by atoms with Crippen LogP contribution in [0, 0.1) is 0 Å². The van der Waals surface area contributed by atoms with E-state index in [4.69, 9.17) is 9.97 Å². The lowest BCUT2D eigenvalue weighted by Crippen LogP contribution is -2.35. The summed E-state index contributed by atoms with van der Waals surface area (Å²) in [5.74, 6) is 2.89. The Bertz CT molecular complexity index is 821. The van der Waals surface area contributed by atoms with Gasteiger partial charge in [-0.3, -0.25) is 0 Å². The van der Waals surface area contributed by atoms with Crippen LogP contribution in [0.5, 0.6) is 0 Å². The Morgan fingerprint density at radius 3 is 3.00 bits per heavy atom. The Hall–Kier alpha value is -1.84. The van der Waals surface area contributed by atoms with Gasteiger partial charge < -0.3 is 24.4 Å². The van der Waals surface area contributed by atoms with Crippen LogP contribution in [0.3, 0.4) is 0 Å². The summed E-state index contributed by atoms with van der Waals surface area (Å²) in [4.78, 5) is 16.6. The summed E-state index contributed by atoms with van der Waals surface area (Å²) >= 11 is -1.07. The van der Waals surface area contributed by atoms with Gasteiger partial charge in [-0.1, -0.05) is 0 Å². The zero-order chi connectivity index (χ0) is 17.0. The summed E-state index contributed by atoms with van der Waals surface area (Å²) in [6.45, 7) is 2.40. The molecule has 1 aliphatic carbocycles. The van der Waals surface area contributed by atoms with Crippen molar-refractivity contribution in [1.29, 1.82) is 0 Å². The molecule has 0 amide bonds. The summed E-state index contributed by atoms with van der Waals surface area (Å²) < 4.78 is 14.5. The lowest BCUT2D eigenvalue weighted by molar-refractivity contribution is 0.265. The topological polar surface area (TPSA) is 102 Å². The first-order chi connectivity index (χ1) is 12.2. The van der Waals surface area contributed by atoms with Crippen molar-refractivity contribution in [3.05, 3.63) is 23.9 Å². The van der Waals surface area contributed by atoms with Crippen LogP contribution in [0.1, 0.15) is 24.4 Å². The number of hydrogen-bond acceptors (Lipinski definition) is 7. The molecule has 1 saturated carbocycles. The molecular formula is C16H20N6O2S. The molecule has 132 valence electrons. The smallest absolute Gasteiger partial charge is 0.228 e. The molecule has 0 radical (unpaired) electrons. The van der Waals surface area contributed by atoms with Gasteiger partial charge in [0.25, 0.3) is 0 Å². The van der Waals surface area contributed by atoms with Gasteiger partial charge in [0.2, 0.25) is 10.8 Å². The third kappa shape index (κ3) is 2.57. The number of nitrogens with one attached hydrogen (secondary N) is 1. The molecule has 9 heteroatoms. The second kappa shape index (κ2) is 5.58. The highest BCUT2D eigenvalue weighted by molar-refractivity contribution is 7.91. The first kappa shape index (κ1) is 15.4. The van der Waals surface area contributed by atoms with Crippen molar-refractivity contribution in [2.24, 2.45) is 0 Å². The Labute approximate surface area is 148 Å². The SMILES string of the molecule is [O-][S+]1CCc2nc(N3CCn4ccnc4C3)nc(NC3(CO)CC3)c21. The van der Waals surface area contributed by atoms with Crippen molar-refractivity contribution in [2.45, 2.75) is 42.8 Å². The highest BCUT2D eigenvalue weighted by Gasteiger charge is 2.45. The second-order valence-corrected chi connectivity index (χ2v) is 8.48. The van der Waals surface area contributed by atoms with Gasteiger partial charge in [0, 0.05) is 31.9 Å².